The van der Waals surface area contributed by atoms with Crippen molar-refractivity contribution in [3.63, 3.8) is 0 Å². The van der Waals surface area contributed by atoms with Crippen LogP contribution in [-0.4, -0.2) is 9.55 Å². The van der Waals surface area contributed by atoms with Crippen molar-refractivity contribution in [2.24, 2.45) is 0 Å². The molecule has 5 aromatic carbocycles. The molecule has 0 aliphatic carbocycles. The molecule has 0 atom stereocenters. The van der Waals surface area contributed by atoms with Crippen molar-refractivity contribution in [3.05, 3.63) is 133 Å². The topological polar surface area (TPSA) is 54.8 Å². The fourth-order valence-corrected chi connectivity index (χ4v) is 6.01. The van der Waals surface area contributed by atoms with Gasteiger partial charge in [-0.05, 0) is 54.1 Å². The highest BCUT2D eigenvalue weighted by molar-refractivity contribution is 6.27. The molecule has 0 aliphatic rings. The second kappa shape index (κ2) is 8.69. The number of hydrogen-bond donors (Lipinski definition) is 0. The third kappa shape index (κ3) is 3.22. The number of fused-ring (bicyclic) bond motifs is 7. The molecule has 40 heavy (non-hydrogen) atoms. The molecule has 0 amide bonds. The van der Waals surface area contributed by atoms with E-state index < -0.39 is 0 Å². The lowest BCUT2D eigenvalue weighted by atomic mass is 9.98. The van der Waals surface area contributed by atoms with Crippen molar-refractivity contribution in [3.8, 4) is 34.1 Å². The van der Waals surface area contributed by atoms with Crippen molar-refractivity contribution in [2.75, 3.05) is 0 Å². The first-order chi connectivity index (χ1) is 19.8. The number of rotatable bonds is 3. The summed E-state index contributed by atoms with van der Waals surface area (Å²) in [5, 5.41) is 14.3. The van der Waals surface area contributed by atoms with Gasteiger partial charge in [0.2, 0.25) is 0 Å². The minimum atomic E-state index is 0.562. The Morgan fingerprint density at radius 2 is 1.43 bits per heavy atom. The highest BCUT2D eigenvalue weighted by atomic mass is 16.3. The summed E-state index contributed by atoms with van der Waals surface area (Å²) < 4.78 is 8.61. The van der Waals surface area contributed by atoms with E-state index in [2.05, 4.69) is 101 Å². The van der Waals surface area contributed by atoms with Crippen LogP contribution in [0.25, 0.3) is 71.8 Å². The normalized spacial score (nSPS) is 11.5. The van der Waals surface area contributed by atoms with Crippen LogP contribution in [-0.2, 0) is 0 Å². The second-order valence-corrected chi connectivity index (χ2v) is 9.89. The molecule has 186 valence electrons. The van der Waals surface area contributed by atoms with Gasteiger partial charge in [-0.1, -0.05) is 72.8 Å². The van der Waals surface area contributed by atoms with Crippen molar-refractivity contribution in [2.45, 2.75) is 0 Å². The number of pyridine rings is 1. The van der Waals surface area contributed by atoms with Crippen LogP contribution in [0, 0.1) is 11.3 Å². The van der Waals surface area contributed by atoms with Crippen LogP contribution >= 0.6 is 0 Å². The molecule has 3 aromatic heterocycles. The van der Waals surface area contributed by atoms with Gasteiger partial charge in [0.25, 0.3) is 0 Å². The first kappa shape index (κ1) is 22.3. The van der Waals surface area contributed by atoms with E-state index in [4.69, 9.17) is 4.42 Å². The molecule has 0 aliphatic heterocycles. The lowest BCUT2D eigenvalue weighted by Gasteiger charge is -2.15. The molecule has 3 heterocycles. The maximum Gasteiger partial charge on any atom is 0.136 e. The molecule has 8 aromatic rings. The van der Waals surface area contributed by atoms with Crippen LogP contribution < -0.4 is 0 Å². The smallest absolute Gasteiger partial charge is 0.136 e. The standard InChI is InChI=1S/C36H21N3O/c37-22-25-11-8-20-38-36(25)24-10-7-9-23(21-24)26-12-1-4-15-29(26)39-30-16-5-2-13-27(30)34-31(39)18-19-33-35(34)28-14-3-6-17-32(28)40-33/h1-21H. The summed E-state index contributed by atoms with van der Waals surface area (Å²) in [5.74, 6) is 0. The van der Waals surface area contributed by atoms with Crippen LogP contribution in [0.3, 0.4) is 0 Å². The fraction of sp³-hybridized carbons (Fsp3) is 0. The molecule has 0 saturated carbocycles. The molecule has 0 unspecified atom stereocenters. The molecule has 4 heteroatoms. The van der Waals surface area contributed by atoms with E-state index >= 15 is 0 Å². The lowest BCUT2D eigenvalue weighted by molar-refractivity contribution is 0.669. The van der Waals surface area contributed by atoms with Crippen LogP contribution in [0.5, 0.6) is 0 Å². The van der Waals surface area contributed by atoms with Gasteiger partial charge < -0.3 is 8.98 Å². The van der Waals surface area contributed by atoms with E-state index in [0.717, 1.165) is 55.3 Å². The summed E-state index contributed by atoms with van der Waals surface area (Å²) in [6.45, 7) is 0. The van der Waals surface area contributed by atoms with Crippen LogP contribution in [0.4, 0.5) is 0 Å². The summed E-state index contributed by atoms with van der Waals surface area (Å²) in [7, 11) is 0. The summed E-state index contributed by atoms with van der Waals surface area (Å²) >= 11 is 0. The van der Waals surface area contributed by atoms with Crippen molar-refractivity contribution < 1.29 is 4.42 Å². The Hall–Kier alpha value is -5.66. The summed E-state index contributed by atoms with van der Waals surface area (Å²) in [4.78, 5) is 4.52. The molecule has 0 saturated heterocycles. The zero-order valence-corrected chi connectivity index (χ0v) is 21.4. The van der Waals surface area contributed by atoms with Crippen molar-refractivity contribution >= 4 is 43.7 Å². The predicted octanol–water partition coefficient (Wildman–Crippen LogP) is 9.28. The van der Waals surface area contributed by atoms with Gasteiger partial charge in [0.1, 0.15) is 17.2 Å². The average molecular weight is 512 g/mol. The largest absolute Gasteiger partial charge is 0.456 e. The molecular formula is C36H21N3O. The molecule has 0 N–H and O–H groups in total. The second-order valence-electron chi connectivity index (χ2n) is 9.89. The number of para-hydroxylation sites is 3. The van der Waals surface area contributed by atoms with E-state index in [0.29, 0.717) is 11.3 Å². The first-order valence-corrected chi connectivity index (χ1v) is 13.2. The molecule has 0 fully saturated rings. The van der Waals surface area contributed by atoms with Gasteiger partial charge in [-0.2, -0.15) is 5.26 Å². The number of nitriles is 1. The Morgan fingerprint density at radius 1 is 0.625 bits per heavy atom. The molecule has 8 rings (SSSR count). The van der Waals surface area contributed by atoms with E-state index in [1.165, 1.54) is 10.8 Å². The maximum absolute atomic E-state index is 9.66. The number of hydrogen-bond acceptors (Lipinski definition) is 3. The zero-order chi connectivity index (χ0) is 26.6. The highest BCUT2D eigenvalue weighted by Crippen LogP contribution is 2.42. The lowest BCUT2D eigenvalue weighted by Crippen LogP contribution is -1.97. The SMILES string of the molecule is N#Cc1cccnc1-c1cccc(-c2ccccc2-n2c3ccccc3c3c4c(ccc32)oc2ccccc24)c1. The van der Waals surface area contributed by atoms with E-state index in [9.17, 15) is 5.26 Å². The number of benzene rings is 5. The van der Waals surface area contributed by atoms with Gasteiger partial charge in [-0.3, -0.25) is 4.98 Å². The number of nitrogens with zero attached hydrogens (tertiary/aromatic N) is 3. The van der Waals surface area contributed by atoms with Gasteiger partial charge in [0.15, 0.2) is 0 Å². The quantitative estimate of drug-likeness (QED) is 0.237. The Kier molecular flexibility index (Phi) is 4.85. The van der Waals surface area contributed by atoms with Crippen molar-refractivity contribution in [1.29, 1.82) is 5.26 Å². The van der Waals surface area contributed by atoms with Gasteiger partial charge in [0, 0.05) is 38.9 Å². The Morgan fingerprint density at radius 3 is 2.35 bits per heavy atom. The minimum Gasteiger partial charge on any atom is -0.456 e. The monoisotopic (exact) mass is 511 g/mol. The minimum absolute atomic E-state index is 0.562. The summed E-state index contributed by atoms with van der Waals surface area (Å²) in [5.41, 5.74) is 9.45. The fourth-order valence-electron chi connectivity index (χ4n) is 6.01. The third-order valence-corrected chi connectivity index (χ3v) is 7.70. The van der Waals surface area contributed by atoms with Crippen molar-refractivity contribution in [1.82, 2.24) is 9.55 Å². The maximum atomic E-state index is 9.66. The molecule has 0 spiro atoms. The molecule has 0 radical (unpaired) electrons. The van der Waals surface area contributed by atoms with Crippen LogP contribution in [0.2, 0.25) is 0 Å². The van der Waals surface area contributed by atoms with Gasteiger partial charge in [-0.15, -0.1) is 0 Å². The Bertz CT molecular complexity index is 2300. The Balaban J connectivity index is 1.43. The molecule has 4 nitrogen and oxygen atoms in total. The Labute approximate surface area is 230 Å². The zero-order valence-electron chi connectivity index (χ0n) is 21.4. The number of furan rings is 1. The summed E-state index contributed by atoms with van der Waals surface area (Å²) in [6.07, 6.45) is 1.73. The highest BCUT2D eigenvalue weighted by Gasteiger charge is 2.20. The van der Waals surface area contributed by atoms with Gasteiger partial charge >= 0.3 is 0 Å². The van der Waals surface area contributed by atoms with Crippen LogP contribution in [0.1, 0.15) is 5.56 Å². The van der Waals surface area contributed by atoms with Gasteiger partial charge in [-0.25, -0.2) is 0 Å². The first-order valence-electron chi connectivity index (χ1n) is 13.2. The summed E-state index contributed by atoms with van der Waals surface area (Å²) in [6, 6.07) is 43.7. The molecular weight excluding hydrogens is 490 g/mol. The average Bonchev–Trinajstić information content (AvgIpc) is 3.56. The predicted molar refractivity (Wildman–Crippen MR) is 161 cm³/mol. The van der Waals surface area contributed by atoms with E-state index in [-0.39, 0.29) is 0 Å². The third-order valence-electron chi connectivity index (χ3n) is 7.70. The molecule has 0 bridgehead atoms. The van der Waals surface area contributed by atoms with E-state index in [1.807, 2.05) is 24.3 Å². The number of aromatic nitrogens is 2. The van der Waals surface area contributed by atoms with E-state index in [1.54, 1.807) is 18.3 Å². The van der Waals surface area contributed by atoms with Crippen LogP contribution in [0.15, 0.2) is 132 Å². The van der Waals surface area contributed by atoms with Gasteiger partial charge in [0.05, 0.1) is 28.0 Å².